The monoisotopic (exact) mass is 495 g/mol. The highest BCUT2D eigenvalue weighted by atomic mass is 35.5. The molecular formula is C22H23ClFN3O5S. The number of hydrogen-bond donors (Lipinski definition) is 1. The number of hydrogen-bond acceptors (Lipinski definition) is 5. The van der Waals surface area contributed by atoms with Crippen molar-refractivity contribution in [3.05, 3.63) is 52.8 Å². The second-order valence-corrected chi connectivity index (χ2v) is 10.2. The van der Waals surface area contributed by atoms with Crippen molar-refractivity contribution in [1.82, 2.24) is 9.21 Å². The van der Waals surface area contributed by atoms with Crippen LogP contribution >= 0.6 is 11.6 Å². The van der Waals surface area contributed by atoms with Crippen LogP contribution in [0.25, 0.3) is 0 Å². The smallest absolute Gasteiger partial charge is 0.265 e. The molecule has 0 aromatic heterocycles. The average molecular weight is 496 g/mol. The second kappa shape index (κ2) is 9.28. The maximum atomic E-state index is 14.0. The summed E-state index contributed by atoms with van der Waals surface area (Å²) < 4.78 is 47.2. The number of fused-ring (bicyclic) bond motifs is 1. The molecule has 2 aliphatic heterocycles. The van der Waals surface area contributed by atoms with Crippen LogP contribution in [-0.2, 0) is 26.0 Å². The van der Waals surface area contributed by atoms with Crippen LogP contribution < -0.4 is 10.1 Å². The minimum atomic E-state index is -3.85. The van der Waals surface area contributed by atoms with Gasteiger partial charge in [-0.25, -0.2) is 12.8 Å². The van der Waals surface area contributed by atoms with Crippen molar-refractivity contribution < 1.29 is 27.1 Å². The highest BCUT2D eigenvalue weighted by Gasteiger charge is 2.32. The molecule has 2 aromatic rings. The van der Waals surface area contributed by atoms with Crippen LogP contribution in [0.15, 0.2) is 41.3 Å². The lowest BCUT2D eigenvalue weighted by atomic mass is 10.1. The third-order valence-electron chi connectivity index (χ3n) is 5.76. The summed E-state index contributed by atoms with van der Waals surface area (Å²) >= 11 is 6.01. The van der Waals surface area contributed by atoms with E-state index < -0.39 is 21.9 Å². The van der Waals surface area contributed by atoms with Crippen molar-refractivity contribution in [1.29, 1.82) is 0 Å². The number of carbonyl (C=O) groups is 2. The lowest BCUT2D eigenvalue weighted by molar-refractivity contribution is -0.131. The molecule has 2 aromatic carbocycles. The molecule has 8 nitrogen and oxygen atoms in total. The third kappa shape index (κ3) is 4.68. The molecule has 2 aliphatic rings. The van der Waals surface area contributed by atoms with Gasteiger partial charge in [0.1, 0.15) is 11.6 Å². The summed E-state index contributed by atoms with van der Waals surface area (Å²) in [7, 11) is -3.85. The Labute approximate surface area is 196 Å². The van der Waals surface area contributed by atoms with Crippen LogP contribution in [0, 0.1) is 5.82 Å². The predicted octanol–water partition coefficient (Wildman–Crippen LogP) is 2.66. The summed E-state index contributed by atoms with van der Waals surface area (Å²) in [5.41, 5.74) is 0.434. The van der Waals surface area contributed by atoms with E-state index in [9.17, 15) is 22.4 Å². The molecule has 0 radical (unpaired) electrons. The first kappa shape index (κ1) is 23.5. The molecule has 0 bridgehead atoms. The van der Waals surface area contributed by atoms with E-state index in [0.717, 1.165) is 0 Å². The number of nitrogens with zero attached hydrogens (tertiary/aromatic N) is 2. The number of amides is 2. The number of halogens is 2. The number of sulfonamides is 1. The fraction of sp³-hybridized carbons (Fsp3) is 0.364. The number of benzene rings is 2. The van der Waals surface area contributed by atoms with Gasteiger partial charge in [-0.05, 0) is 36.8 Å². The molecule has 4 rings (SSSR count). The van der Waals surface area contributed by atoms with Gasteiger partial charge in [-0.1, -0.05) is 24.6 Å². The summed E-state index contributed by atoms with van der Waals surface area (Å²) in [6.07, 6.45) is -0.302. The highest BCUT2D eigenvalue weighted by Crippen LogP contribution is 2.33. The Bertz CT molecular complexity index is 1180. The number of piperazine rings is 1. The van der Waals surface area contributed by atoms with E-state index in [1.54, 1.807) is 0 Å². The van der Waals surface area contributed by atoms with Gasteiger partial charge in [-0.2, -0.15) is 4.31 Å². The summed E-state index contributed by atoms with van der Waals surface area (Å²) in [6, 6.07) is 8.58. The van der Waals surface area contributed by atoms with Crippen molar-refractivity contribution in [3.63, 3.8) is 0 Å². The average Bonchev–Trinajstić information content (AvgIpc) is 2.80. The van der Waals surface area contributed by atoms with Crippen LogP contribution in [-0.4, -0.2) is 61.7 Å². The molecular weight excluding hydrogens is 473 g/mol. The number of rotatable bonds is 5. The van der Waals surface area contributed by atoms with Crippen molar-refractivity contribution in [2.45, 2.75) is 30.8 Å². The van der Waals surface area contributed by atoms with E-state index in [2.05, 4.69) is 5.32 Å². The largest absolute Gasteiger partial charge is 0.478 e. The Morgan fingerprint density at radius 3 is 2.61 bits per heavy atom. The number of ether oxygens (including phenoxy) is 1. The Balaban J connectivity index is 1.43. The molecule has 0 aliphatic carbocycles. The second-order valence-electron chi connectivity index (χ2n) is 7.82. The Kier molecular flexibility index (Phi) is 6.60. The van der Waals surface area contributed by atoms with Crippen LogP contribution in [0.4, 0.5) is 10.1 Å². The molecule has 0 saturated carbocycles. The predicted molar refractivity (Wildman–Crippen MR) is 120 cm³/mol. The van der Waals surface area contributed by atoms with Gasteiger partial charge in [0.05, 0.1) is 17.0 Å². The fourth-order valence-corrected chi connectivity index (χ4v) is 5.53. The Morgan fingerprint density at radius 1 is 1.21 bits per heavy atom. The third-order valence-corrected chi connectivity index (χ3v) is 8.01. The van der Waals surface area contributed by atoms with Crippen molar-refractivity contribution in [2.75, 3.05) is 31.5 Å². The van der Waals surface area contributed by atoms with E-state index >= 15 is 0 Å². The Hall–Kier alpha value is -2.69. The zero-order chi connectivity index (χ0) is 23.8. The SMILES string of the molecule is CCC1Oc2ccc(S(=O)(=O)N3CCN(C(=O)Cc4c(F)cccc4Cl)CC3)cc2NC1=O. The van der Waals surface area contributed by atoms with E-state index in [-0.39, 0.29) is 59.9 Å². The summed E-state index contributed by atoms with van der Waals surface area (Å²) in [4.78, 5) is 26.2. The van der Waals surface area contributed by atoms with Crippen LogP contribution in [0.2, 0.25) is 5.02 Å². The maximum Gasteiger partial charge on any atom is 0.265 e. The first-order valence-electron chi connectivity index (χ1n) is 10.5. The van der Waals surface area contributed by atoms with E-state index in [0.29, 0.717) is 17.9 Å². The first-order valence-corrected chi connectivity index (χ1v) is 12.3. The molecule has 1 atom stereocenters. The summed E-state index contributed by atoms with van der Waals surface area (Å²) in [5.74, 6) is -0.770. The molecule has 1 unspecified atom stereocenters. The van der Waals surface area contributed by atoms with Gasteiger partial charge in [-0.3, -0.25) is 9.59 Å². The van der Waals surface area contributed by atoms with Gasteiger partial charge in [0.25, 0.3) is 5.91 Å². The van der Waals surface area contributed by atoms with Gasteiger partial charge >= 0.3 is 0 Å². The molecule has 176 valence electrons. The Morgan fingerprint density at radius 2 is 1.94 bits per heavy atom. The zero-order valence-corrected chi connectivity index (χ0v) is 19.5. The van der Waals surface area contributed by atoms with Gasteiger partial charge < -0.3 is 15.0 Å². The van der Waals surface area contributed by atoms with Gasteiger partial charge in [0, 0.05) is 36.8 Å². The first-order chi connectivity index (χ1) is 15.7. The van der Waals surface area contributed by atoms with E-state index in [1.165, 1.54) is 45.6 Å². The number of carbonyl (C=O) groups excluding carboxylic acids is 2. The quantitative estimate of drug-likeness (QED) is 0.688. The number of anilines is 1. The maximum absolute atomic E-state index is 14.0. The van der Waals surface area contributed by atoms with Crippen molar-refractivity contribution >= 4 is 39.1 Å². The van der Waals surface area contributed by atoms with Gasteiger partial charge in [0.2, 0.25) is 15.9 Å². The molecule has 2 amide bonds. The minimum absolute atomic E-state index is 0.0259. The van der Waals surface area contributed by atoms with Gasteiger partial charge in [-0.15, -0.1) is 0 Å². The van der Waals surface area contributed by atoms with Crippen LogP contribution in [0.5, 0.6) is 5.75 Å². The molecule has 0 spiro atoms. The molecule has 2 heterocycles. The van der Waals surface area contributed by atoms with E-state index in [4.69, 9.17) is 16.3 Å². The van der Waals surface area contributed by atoms with E-state index in [1.807, 2.05) is 6.92 Å². The summed E-state index contributed by atoms with van der Waals surface area (Å²) in [6.45, 7) is 2.36. The van der Waals surface area contributed by atoms with Gasteiger partial charge in [0.15, 0.2) is 6.10 Å². The fourth-order valence-electron chi connectivity index (χ4n) is 3.85. The van der Waals surface area contributed by atoms with Crippen molar-refractivity contribution in [3.8, 4) is 5.75 Å². The highest BCUT2D eigenvalue weighted by molar-refractivity contribution is 7.89. The summed E-state index contributed by atoms with van der Waals surface area (Å²) in [5, 5.41) is 2.87. The lowest BCUT2D eigenvalue weighted by Gasteiger charge is -2.34. The molecule has 1 fully saturated rings. The lowest BCUT2D eigenvalue weighted by Crippen LogP contribution is -2.50. The van der Waals surface area contributed by atoms with Crippen LogP contribution in [0.3, 0.4) is 0 Å². The standard InChI is InChI=1S/C22H23ClFN3O5S/c1-2-19-22(29)25-18-12-14(6-7-20(18)32-19)33(30,31)27-10-8-26(9-11-27)21(28)13-15-16(23)4-3-5-17(15)24/h3-7,12,19H,2,8-11,13H2,1H3,(H,25,29). The molecule has 1 saturated heterocycles. The number of nitrogens with one attached hydrogen (secondary N) is 1. The minimum Gasteiger partial charge on any atom is -0.478 e. The molecule has 11 heteroatoms. The zero-order valence-electron chi connectivity index (χ0n) is 17.9. The molecule has 1 N–H and O–H groups in total. The normalized spacial score (nSPS) is 18.9. The molecule has 33 heavy (non-hydrogen) atoms. The van der Waals surface area contributed by atoms with Crippen LogP contribution in [0.1, 0.15) is 18.9 Å². The van der Waals surface area contributed by atoms with Crippen molar-refractivity contribution in [2.24, 2.45) is 0 Å². The topological polar surface area (TPSA) is 96.0 Å².